The van der Waals surface area contributed by atoms with Crippen molar-refractivity contribution in [3.8, 4) is 11.5 Å². The van der Waals surface area contributed by atoms with E-state index in [1.165, 1.54) is 0 Å². The summed E-state index contributed by atoms with van der Waals surface area (Å²) >= 11 is 0. The summed E-state index contributed by atoms with van der Waals surface area (Å²) < 4.78 is 15.8. The fourth-order valence-corrected chi connectivity index (χ4v) is 2.05. The highest BCUT2D eigenvalue weighted by molar-refractivity contribution is 5.73. The fourth-order valence-electron chi connectivity index (χ4n) is 2.05. The van der Waals surface area contributed by atoms with Crippen molar-refractivity contribution in [1.29, 1.82) is 0 Å². The Labute approximate surface area is 100 Å². The second-order valence-electron chi connectivity index (χ2n) is 4.29. The van der Waals surface area contributed by atoms with Crippen molar-refractivity contribution in [2.24, 2.45) is 0 Å². The van der Waals surface area contributed by atoms with Crippen LogP contribution >= 0.6 is 0 Å². The zero-order valence-corrected chi connectivity index (χ0v) is 10.3. The minimum Gasteiger partial charge on any atom is -0.496 e. The molecule has 4 nitrogen and oxygen atoms in total. The number of ether oxygens (including phenoxy) is 3. The smallest absolute Gasteiger partial charge is 0.135 e. The topological polar surface area (TPSA) is 44.8 Å². The molecule has 17 heavy (non-hydrogen) atoms. The van der Waals surface area contributed by atoms with Crippen LogP contribution in [0.15, 0.2) is 12.1 Å². The first-order valence-corrected chi connectivity index (χ1v) is 5.44. The summed E-state index contributed by atoms with van der Waals surface area (Å²) in [6.07, 6.45) is 0.934. The quantitative estimate of drug-likeness (QED) is 0.743. The van der Waals surface area contributed by atoms with Crippen molar-refractivity contribution >= 4 is 6.29 Å². The van der Waals surface area contributed by atoms with Gasteiger partial charge < -0.3 is 19.0 Å². The maximum atomic E-state index is 11.3. The predicted molar refractivity (Wildman–Crippen MR) is 62.8 cm³/mol. The summed E-state index contributed by atoms with van der Waals surface area (Å²) in [5.41, 5.74) is 1.24. The zero-order valence-electron chi connectivity index (χ0n) is 10.3. The number of hydrogen-bond donors (Lipinski definition) is 0. The van der Waals surface area contributed by atoms with Crippen LogP contribution in [0.3, 0.4) is 0 Å². The Hall–Kier alpha value is -1.55. The second-order valence-corrected chi connectivity index (χ2v) is 4.29. The molecule has 0 bridgehead atoms. The maximum Gasteiger partial charge on any atom is 0.135 e. The van der Waals surface area contributed by atoms with Gasteiger partial charge in [-0.2, -0.15) is 0 Å². The van der Waals surface area contributed by atoms with Crippen LogP contribution in [-0.2, 0) is 14.9 Å². The molecule has 1 fully saturated rings. The molecule has 0 aliphatic carbocycles. The van der Waals surface area contributed by atoms with Crippen LogP contribution in [0.25, 0.3) is 0 Å². The molecule has 1 aliphatic heterocycles. The Balaban J connectivity index is 2.54. The summed E-state index contributed by atoms with van der Waals surface area (Å²) in [6.45, 7) is 2.74. The third-order valence-corrected chi connectivity index (χ3v) is 3.20. The number of aryl methyl sites for hydroxylation is 1. The molecule has 2 rings (SSSR count). The molecule has 0 N–H and O–H groups in total. The fraction of sp³-hybridized carbons (Fsp3) is 0.462. The lowest BCUT2D eigenvalue weighted by molar-refractivity contribution is -0.130. The van der Waals surface area contributed by atoms with Crippen LogP contribution in [0.5, 0.6) is 11.5 Å². The van der Waals surface area contributed by atoms with E-state index < -0.39 is 5.41 Å². The van der Waals surface area contributed by atoms with Gasteiger partial charge in [-0.3, -0.25) is 0 Å². The number of hydrogen-bond acceptors (Lipinski definition) is 4. The van der Waals surface area contributed by atoms with Crippen molar-refractivity contribution in [3.05, 3.63) is 23.3 Å². The molecule has 0 radical (unpaired) electrons. The van der Waals surface area contributed by atoms with Gasteiger partial charge in [0.25, 0.3) is 0 Å². The lowest BCUT2D eigenvalue weighted by Gasteiger charge is -2.37. The molecule has 1 aromatic rings. The predicted octanol–water partition coefficient (Wildman–Crippen LogP) is 1.48. The Bertz CT molecular complexity index is 435. The van der Waals surface area contributed by atoms with E-state index in [-0.39, 0.29) is 0 Å². The van der Waals surface area contributed by atoms with Crippen LogP contribution < -0.4 is 9.47 Å². The zero-order chi connectivity index (χ0) is 12.5. The Kier molecular flexibility index (Phi) is 3.07. The van der Waals surface area contributed by atoms with Crippen LogP contribution in [0, 0.1) is 6.92 Å². The number of aldehydes is 1. The largest absolute Gasteiger partial charge is 0.496 e. The molecule has 0 unspecified atom stereocenters. The highest BCUT2D eigenvalue weighted by Gasteiger charge is 2.43. The van der Waals surface area contributed by atoms with Gasteiger partial charge in [0, 0.05) is 5.56 Å². The number of carbonyl (C=O) groups is 1. The minimum absolute atomic E-state index is 0.402. The standard InChI is InChI=1S/C13H16O4/c1-9-4-12(16-3)10(5-11(9)15-2)13(6-14)7-17-8-13/h4-6H,7-8H2,1-3H3. The Morgan fingerprint density at radius 2 is 1.88 bits per heavy atom. The Morgan fingerprint density at radius 3 is 2.29 bits per heavy atom. The lowest BCUT2D eigenvalue weighted by Crippen LogP contribution is -2.48. The van der Waals surface area contributed by atoms with E-state index in [9.17, 15) is 4.79 Å². The normalized spacial score (nSPS) is 17.1. The van der Waals surface area contributed by atoms with Crippen molar-refractivity contribution in [1.82, 2.24) is 0 Å². The molecule has 1 aliphatic rings. The van der Waals surface area contributed by atoms with Crippen molar-refractivity contribution in [2.45, 2.75) is 12.3 Å². The van der Waals surface area contributed by atoms with Crippen LogP contribution in [0.1, 0.15) is 11.1 Å². The monoisotopic (exact) mass is 236 g/mol. The molecule has 0 aromatic heterocycles. The number of rotatable bonds is 4. The van der Waals surface area contributed by atoms with E-state index in [1.54, 1.807) is 14.2 Å². The van der Waals surface area contributed by atoms with Gasteiger partial charge >= 0.3 is 0 Å². The highest BCUT2D eigenvalue weighted by Crippen LogP contribution is 2.39. The molecule has 0 amide bonds. The average Bonchev–Trinajstić information content (AvgIpc) is 2.29. The summed E-state index contributed by atoms with van der Waals surface area (Å²) in [4.78, 5) is 11.3. The van der Waals surface area contributed by atoms with Crippen LogP contribution in [0.4, 0.5) is 0 Å². The third-order valence-electron chi connectivity index (χ3n) is 3.20. The van der Waals surface area contributed by atoms with Gasteiger partial charge in [0.15, 0.2) is 0 Å². The van der Waals surface area contributed by atoms with E-state index in [1.807, 2.05) is 19.1 Å². The van der Waals surface area contributed by atoms with Crippen molar-refractivity contribution < 1.29 is 19.0 Å². The van der Waals surface area contributed by atoms with Gasteiger partial charge in [0.1, 0.15) is 23.2 Å². The van der Waals surface area contributed by atoms with E-state index in [0.717, 1.165) is 23.2 Å². The molecule has 1 aromatic carbocycles. The third kappa shape index (κ3) is 1.78. The lowest BCUT2D eigenvalue weighted by atomic mass is 9.79. The van der Waals surface area contributed by atoms with Gasteiger partial charge in [-0.15, -0.1) is 0 Å². The molecular formula is C13H16O4. The molecule has 0 saturated carbocycles. The van der Waals surface area contributed by atoms with E-state index in [2.05, 4.69) is 0 Å². The van der Waals surface area contributed by atoms with Gasteiger partial charge in [0.05, 0.1) is 27.4 Å². The first-order chi connectivity index (χ1) is 8.16. The maximum absolute atomic E-state index is 11.3. The van der Waals surface area contributed by atoms with Crippen molar-refractivity contribution in [3.63, 3.8) is 0 Å². The number of benzene rings is 1. The Morgan fingerprint density at radius 1 is 1.24 bits per heavy atom. The minimum atomic E-state index is -0.577. The van der Waals surface area contributed by atoms with Gasteiger partial charge in [0.2, 0.25) is 0 Å². The van der Waals surface area contributed by atoms with Crippen molar-refractivity contribution in [2.75, 3.05) is 27.4 Å². The SMILES string of the molecule is COc1cc(C2(C=O)COC2)c(OC)cc1C. The van der Waals surface area contributed by atoms with E-state index in [4.69, 9.17) is 14.2 Å². The summed E-state index contributed by atoms with van der Waals surface area (Å²) in [5.74, 6) is 1.47. The summed E-state index contributed by atoms with van der Waals surface area (Å²) in [7, 11) is 3.21. The van der Waals surface area contributed by atoms with Crippen LogP contribution in [-0.4, -0.2) is 33.7 Å². The second kappa shape index (κ2) is 4.37. The highest BCUT2D eigenvalue weighted by atomic mass is 16.5. The summed E-state index contributed by atoms with van der Waals surface area (Å²) in [6, 6.07) is 3.75. The van der Waals surface area contributed by atoms with E-state index >= 15 is 0 Å². The molecule has 0 atom stereocenters. The summed E-state index contributed by atoms with van der Waals surface area (Å²) in [5, 5.41) is 0. The van der Waals surface area contributed by atoms with Gasteiger partial charge in [-0.1, -0.05) is 0 Å². The van der Waals surface area contributed by atoms with Gasteiger partial charge in [-0.25, -0.2) is 0 Å². The first kappa shape index (κ1) is 11.9. The number of carbonyl (C=O) groups excluding carboxylic acids is 1. The average molecular weight is 236 g/mol. The number of methoxy groups -OCH3 is 2. The van der Waals surface area contributed by atoms with Gasteiger partial charge in [-0.05, 0) is 24.6 Å². The first-order valence-electron chi connectivity index (χ1n) is 5.44. The van der Waals surface area contributed by atoms with E-state index in [0.29, 0.717) is 19.0 Å². The van der Waals surface area contributed by atoms with Crippen LogP contribution in [0.2, 0.25) is 0 Å². The molecule has 4 heteroatoms. The molecular weight excluding hydrogens is 220 g/mol. The molecule has 1 heterocycles. The molecule has 0 spiro atoms. The molecule has 92 valence electrons. The molecule has 1 saturated heterocycles.